The van der Waals surface area contributed by atoms with Gasteiger partial charge in [-0.15, -0.1) is 5.10 Å². The van der Waals surface area contributed by atoms with Crippen LogP contribution in [0.2, 0.25) is 0 Å². The van der Waals surface area contributed by atoms with Gasteiger partial charge in [0.25, 0.3) is 0 Å². The Morgan fingerprint density at radius 2 is 2.08 bits per heavy atom. The summed E-state index contributed by atoms with van der Waals surface area (Å²) in [5, 5.41) is 18.6. The van der Waals surface area contributed by atoms with Crippen LogP contribution < -0.4 is 10.6 Å². The van der Waals surface area contributed by atoms with Gasteiger partial charge in [0, 0.05) is 12.1 Å². The molecule has 0 aliphatic carbocycles. The molecule has 8 nitrogen and oxygen atoms in total. The molecule has 0 bridgehead atoms. The Morgan fingerprint density at radius 3 is 2.83 bits per heavy atom. The monoisotopic (exact) mass is 325 g/mol. The Bertz CT molecular complexity index is 919. The molecule has 0 saturated carbocycles. The number of carboxylic acid groups (broad SMARTS) is 1. The minimum Gasteiger partial charge on any atom is -0.478 e. The third-order valence-corrected chi connectivity index (χ3v) is 3.30. The number of nitrogens with zero attached hydrogens (tertiary/aromatic N) is 3. The summed E-state index contributed by atoms with van der Waals surface area (Å²) in [6.45, 7) is 2.34. The number of aromatic carboxylic acids is 1. The molecule has 122 valence electrons. The number of hydrogen-bond donors (Lipinski definition) is 3. The fraction of sp³-hybridized carbons (Fsp3) is 0.125. The molecular weight excluding hydrogens is 310 g/mol. The van der Waals surface area contributed by atoms with Gasteiger partial charge in [-0.25, -0.2) is 19.1 Å². The molecular formula is C16H15N5O3. The number of carbonyl (C=O) groups excluding carboxylic acids is 1. The molecule has 0 aliphatic heterocycles. The molecule has 0 saturated heterocycles. The number of hydrogen-bond acceptors (Lipinski definition) is 4. The van der Waals surface area contributed by atoms with E-state index in [0.717, 1.165) is 0 Å². The van der Waals surface area contributed by atoms with Gasteiger partial charge in [-0.1, -0.05) is 12.1 Å². The first-order chi connectivity index (χ1) is 11.6. The van der Waals surface area contributed by atoms with Gasteiger partial charge in [-0.2, -0.15) is 0 Å². The minimum atomic E-state index is -0.993. The molecule has 0 spiro atoms. The van der Waals surface area contributed by atoms with E-state index in [1.807, 2.05) is 6.92 Å². The van der Waals surface area contributed by atoms with Gasteiger partial charge in [-0.05, 0) is 31.2 Å². The standard InChI is InChI=1S/C16H15N5O3/c1-2-17-16(24)19-13-6-7-14-18-12(9-21(14)20-13)10-4-3-5-11(8-10)15(22)23/h3-9H,2H2,1H3,(H,22,23)(H2,17,19,20,24). The summed E-state index contributed by atoms with van der Waals surface area (Å²) in [6, 6.07) is 9.56. The lowest BCUT2D eigenvalue weighted by Crippen LogP contribution is -2.28. The van der Waals surface area contributed by atoms with Crippen LogP contribution >= 0.6 is 0 Å². The quantitative estimate of drug-likeness (QED) is 0.681. The molecule has 3 N–H and O–H groups in total. The fourth-order valence-electron chi connectivity index (χ4n) is 2.22. The van der Waals surface area contributed by atoms with E-state index in [-0.39, 0.29) is 11.6 Å². The molecule has 2 amide bonds. The summed E-state index contributed by atoms with van der Waals surface area (Å²) in [6.07, 6.45) is 1.68. The highest BCUT2D eigenvalue weighted by Crippen LogP contribution is 2.20. The Morgan fingerprint density at radius 1 is 1.25 bits per heavy atom. The van der Waals surface area contributed by atoms with Crippen LogP contribution in [-0.4, -0.2) is 38.2 Å². The topological polar surface area (TPSA) is 109 Å². The number of urea groups is 1. The summed E-state index contributed by atoms with van der Waals surface area (Å²) >= 11 is 0. The van der Waals surface area contributed by atoms with Gasteiger partial charge in [0.15, 0.2) is 11.5 Å². The Balaban J connectivity index is 1.92. The maximum atomic E-state index is 11.5. The molecule has 0 fully saturated rings. The lowest BCUT2D eigenvalue weighted by Gasteiger charge is -2.04. The minimum absolute atomic E-state index is 0.191. The van der Waals surface area contributed by atoms with Crippen molar-refractivity contribution in [3.63, 3.8) is 0 Å². The molecule has 0 radical (unpaired) electrons. The number of imidazole rings is 1. The zero-order chi connectivity index (χ0) is 17.1. The van der Waals surface area contributed by atoms with E-state index in [1.54, 1.807) is 36.5 Å². The van der Waals surface area contributed by atoms with Crippen LogP contribution in [0.1, 0.15) is 17.3 Å². The molecule has 24 heavy (non-hydrogen) atoms. The van der Waals surface area contributed by atoms with Gasteiger partial charge >= 0.3 is 12.0 Å². The lowest BCUT2D eigenvalue weighted by atomic mass is 10.1. The van der Waals surface area contributed by atoms with E-state index in [9.17, 15) is 9.59 Å². The van der Waals surface area contributed by atoms with Crippen molar-refractivity contribution in [3.05, 3.63) is 48.2 Å². The molecule has 1 aromatic carbocycles. The number of nitrogens with one attached hydrogen (secondary N) is 2. The first-order valence-corrected chi connectivity index (χ1v) is 7.32. The van der Waals surface area contributed by atoms with Gasteiger partial charge < -0.3 is 10.4 Å². The second kappa shape index (κ2) is 6.37. The highest BCUT2D eigenvalue weighted by Gasteiger charge is 2.10. The van der Waals surface area contributed by atoms with E-state index in [2.05, 4.69) is 20.7 Å². The van der Waals surface area contributed by atoms with Crippen molar-refractivity contribution in [2.45, 2.75) is 6.92 Å². The first-order valence-electron chi connectivity index (χ1n) is 7.32. The van der Waals surface area contributed by atoms with E-state index in [1.165, 1.54) is 10.6 Å². The SMILES string of the molecule is CCNC(=O)Nc1ccc2nc(-c3cccc(C(=O)O)c3)cn2n1. The number of amides is 2. The second-order valence-corrected chi connectivity index (χ2v) is 5.02. The third kappa shape index (κ3) is 3.17. The highest BCUT2D eigenvalue weighted by atomic mass is 16.4. The van der Waals surface area contributed by atoms with Gasteiger partial charge in [-0.3, -0.25) is 5.32 Å². The van der Waals surface area contributed by atoms with Crippen molar-refractivity contribution in [1.82, 2.24) is 19.9 Å². The molecule has 2 aromatic heterocycles. The van der Waals surface area contributed by atoms with Crippen LogP contribution in [0.25, 0.3) is 16.9 Å². The fourth-order valence-corrected chi connectivity index (χ4v) is 2.22. The van der Waals surface area contributed by atoms with Gasteiger partial charge in [0.2, 0.25) is 0 Å². The van der Waals surface area contributed by atoms with Gasteiger partial charge in [0.05, 0.1) is 17.5 Å². The van der Waals surface area contributed by atoms with Crippen LogP contribution in [0, 0.1) is 0 Å². The smallest absolute Gasteiger partial charge is 0.335 e. The van der Waals surface area contributed by atoms with Crippen molar-refractivity contribution in [3.8, 4) is 11.3 Å². The molecule has 3 rings (SSSR count). The number of aromatic nitrogens is 3. The largest absolute Gasteiger partial charge is 0.478 e. The maximum Gasteiger partial charge on any atom is 0.335 e. The number of carboxylic acids is 1. The second-order valence-electron chi connectivity index (χ2n) is 5.02. The predicted molar refractivity (Wildman–Crippen MR) is 88.1 cm³/mol. The summed E-state index contributed by atoms with van der Waals surface area (Å²) in [5.41, 5.74) is 2.06. The number of fused-ring (bicyclic) bond motifs is 1. The maximum absolute atomic E-state index is 11.5. The zero-order valence-corrected chi connectivity index (χ0v) is 12.9. The van der Waals surface area contributed by atoms with E-state index in [4.69, 9.17) is 5.11 Å². The van der Waals surface area contributed by atoms with Crippen molar-refractivity contribution in [1.29, 1.82) is 0 Å². The van der Waals surface area contributed by atoms with Crippen LogP contribution in [0.4, 0.5) is 10.6 Å². The molecule has 0 unspecified atom stereocenters. The van der Waals surface area contributed by atoms with Crippen LogP contribution in [0.5, 0.6) is 0 Å². The normalized spacial score (nSPS) is 10.5. The van der Waals surface area contributed by atoms with Crippen LogP contribution in [0.3, 0.4) is 0 Å². The number of anilines is 1. The van der Waals surface area contributed by atoms with E-state index >= 15 is 0 Å². The Labute approximate surface area is 137 Å². The van der Waals surface area contributed by atoms with Gasteiger partial charge in [0.1, 0.15) is 0 Å². The van der Waals surface area contributed by atoms with E-state index < -0.39 is 5.97 Å². The summed E-state index contributed by atoms with van der Waals surface area (Å²) < 4.78 is 1.53. The van der Waals surface area contributed by atoms with Crippen LogP contribution in [0.15, 0.2) is 42.6 Å². The molecule has 2 heterocycles. The van der Waals surface area contributed by atoms with Crippen molar-refractivity contribution >= 4 is 23.5 Å². The van der Waals surface area contributed by atoms with Crippen molar-refractivity contribution in [2.24, 2.45) is 0 Å². The summed E-state index contributed by atoms with van der Waals surface area (Å²) in [5.74, 6) is -0.608. The molecule has 0 aliphatic rings. The van der Waals surface area contributed by atoms with Crippen molar-refractivity contribution in [2.75, 3.05) is 11.9 Å². The lowest BCUT2D eigenvalue weighted by molar-refractivity contribution is 0.0697. The summed E-state index contributed by atoms with van der Waals surface area (Å²) in [4.78, 5) is 27.0. The average Bonchev–Trinajstić information content (AvgIpc) is 2.98. The third-order valence-electron chi connectivity index (χ3n) is 3.30. The first kappa shape index (κ1) is 15.5. The predicted octanol–water partition coefficient (Wildman–Crippen LogP) is 2.24. The van der Waals surface area contributed by atoms with Crippen LogP contribution in [-0.2, 0) is 0 Å². The Hall–Kier alpha value is -3.42. The number of benzene rings is 1. The molecule has 3 aromatic rings. The number of carbonyl (C=O) groups is 2. The average molecular weight is 325 g/mol. The van der Waals surface area contributed by atoms with Crippen molar-refractivity contribution < 1.29 is 14.7 Å². The zero-order valence-electron chi connectivity index (χ0n) is 12.9. The molecule has 8 heteroatoms. The highest BCUT2D eigenvalue weighted by molar-refractivity contribution is 5.89. The summed E-state index contributed by atoms with van der Waals surface area (Å²) in [7, 11) is 0. The Kier molecular flexibility index (Phi) is 4.11. The molecule has 0 atom stereocenters. The number of rotatable bonds is 4. The van der Waals surface area contributed by atoms with E-state index in [0.29, 0.717) is 29.3 Å².